The molecule has 1 aromatic heterocycles. The number of hydrogen-bond donors (Lipinski definition) is 3. The van der Waals surface area contributed by atoms with Crippen LogP contribution in [0, 0.1) is 0 Å². The standard InChI is InChI=1S/C20H28N6O4/c1-29-15-12-16(30-2)24-18(23-15)20(8-6-19(7-9-20)5-3-10-22-19)25-26-13-21-11-4-14(26)17(27)28/h4,11-12,22,25H,3,5-10,13H2,1-2H3,(H,27,28). The monoisotopic (exact) mass is 416 g/mol. The Kier molecular flexibility index (Phi) is 5.61. The van der Waals surface area contributed by atoms with Gasteiger partial charge >= 0.3 is 5.97 Å². The van der Waals surface area contributed by atoms with E-state index in [1.54, 1.807) is 25.3 Å². The summed E-state index contributed by atoms with van der Waals surface area (Å²) >= 11 is 0. The van der Waals surface area contributed by atoms with Gasteiger partial charge in [-0.3, -0.25) is 10.0 Å². The molecule has 2 aliphatic heterocycles. The van der Waals surface area contributed by atoms with E-state index in [0.29, 0.717) is 17.6 Å². The van der Waals surface area contributed by atoms with Crippen molar-refractivity contribution >= 4 is 12.2 Å². The van der Waals surface area contributed by atoms with Gasteiger partial charge in [0, 0.05) is 11.8 Å². The summed E-state index contributed by atoms with van der Waals surface area (Å²) < 4.78 is 10.7. The first-order chi connectivity index (χ1) is 14.5. The van der Waals surface area contributed by atoms with Gasteiger partial charge in [-0.1, -0.05) is 0 Å². The first-order valence-corrected chi connectivity index (χ1v) is 10.2. The molecule has 3 heterocycles. The molecule has 1 saturated carbocycles. The highest BCUT2D eigenvalue weighted by atomic mass is 16.5. The highest BCUT2D eigenvalue weighted by Crippen LogP contribution is 2.44. The molecule has 10 heteroatoms. The van der Waals surface area contributed by atoms with Gasteiger partial charge < -0.3 is 19.9 Å². The number of aliphatic carboxylic acids is 1. The number of aliphatic imine (C=N–C) groups is 1. The van der Waals surface area contributed by atoms with Gasteiger partial charge in [0.2, 0.25) is 11.8 Å². The van der Waals surface area contributed by atoms with Gasteiger partial charge in [-0.25, -0.2) is 10.2 Å². The Bertz CT molecular complexity index is 833. The van der Waals surface area contributed by atoms with Crippen LogP contribution in [0.15, 0.2) is 22.8 Å². The predicted molar refractivity (Wildman–Crippen MR) is 109 cm³/mol. The predicted octanol–water partition coefficient (Wildman–Crippen LogP) is 1.20. The van der Waals surface area contributed by atoms with Crippen molar-refractivity contribution < 1.29 is 19.4 Å². The Morgan fingerprint density at radius 1 is 1.17 bits per heavy atom. The van der Waals surface area contributed by atoms with Crippen LogP contribution in [0.4, 0.5) is 0 Å². The van der Waals surface area contributed by atoms with Crippen LogP contribution in [0.3, 0.4) is 0 Å². The van der Waals surface area contributed by atoms with Gasteiger partial charge in [-0.05, 0) is 51.1 Å². The minimum Gasteiger partial charge on any atom is -0.481 e. The molecule has 30 heavy (non-hydrogen) atoms. The first-order valence-electron chi connectivity index (χ1n) is 10.2. The number of carboxylic acid groups (broad SMARTS) is 1. The van der Waals surface area contributed by atoms with Crippen molar-refractivity contribution in [3.05, 3.63) is 23.7 Å². The molecule has 1 aromatic rings. The molecule has 0 bridgehead atoms. The van der Waals surface area contributed by atoms with Crippen LogP contribution in [0.5, 0.6) is 11.8 Å². The molecule has 0 amide bonds. The Morgan fingerprint density at radius 2 is 1.87 bits per heavy atom. The second-order valence-electron chi connectivity index (χ2n) is 8.04. The van der Waals surface area contributed by atoms with Gasteiger partial charge in [0.1, 0.15) is 12.4 Å². The second kappa shape index (κ2) is 8.19. The van der Waals surface area contributed by atoms with Crippen LogP contribution in [0.1, 0.15) is 44.3 Å². The van der Waals surface area contributed by atoms with Gasteiger partial charge in [-0.15, -0.1) is 0 Å². The van der Waals surface area contributed by atoms with Crippen LogP contribution < -0.4 is 20.2 Å². The molecular formula is C20H28N6O4. The summed E-state index contributed by atoms with van der Waals surface area (Å²) in [6, 6.07) is 1.63. The van der Waals surface area contributed by atoms with Gasteiger partial charge in [0.25, 0.3) is 0 Å². The third kappa shape index (κ3) is 3.84. The summed E-state index contributed by atoms with van der Waals surface area (Å²) in [4.78, 5) is 25.2. The molecule has 1 spiro atoms. The molecule has 162 valence electrons. The fourth-order valence-corrected chi connectivity index (χ4v) is 4.62. The van der Waals surface area contributed by atoms with Crippen molar-refractivity contribution in [2.24, 2.45) is 4.99 Å². The van der Waals surface area contributed by atoms with Crippen molar-refractivity contribution in [3.8, 4) is 11.8 Å². The van der Waals surface area contributed by atoms with E-state index >= 15 is 0 Å². The maximum Gasteiger partial charge on any atom is 0.353 e. The number of carboxylic acids is 1. The van der Waals surface area contributed by atoms with Crippen LogP contribution in [-0.2, 0) is 10.3 Å². The Morgan fingerprint density at radius 3 is 2.43 bits per heavy atom. The minimum absolute atomic E-state index is 0.138. The number of nitrogens with zero attached hydrogens (tertiary/aromatic N) is 4. The average Bonchev–Trinajstić information content (AvgIpc) is 3.23. The summed E-state index contributed by atoms with van der Waals surface area (Å²) in [6.45, 7) is 1.24. The van der Waals surface area contributed by atoms with Gasteiger partial charge in [-0.2, -0.15) is 9.97 Å². The molecule has 1 aliphatic carbocycles. The number of nitrogens with one attached hydrogen (secondary N) is 2. The van der Waals surface area contributed by atoms with E-state index in [1.807, 2.05) is 0 Å². The Hall–Kier alpha value is -2.72. The summed E-state index contributed by atoms with van der Waals surface area (Å²) in [5, 5.41) is 14.9. The Balaban J connectivity index is 1.70. The smallest absolute Gasteiger partial charge is 0.353 e. The van der Waals surface area contributed by atoms with E-state index in [2.05, 4.69) is 25.7 Å². The molecule has 0 aromatic carbocycles. The molecular weight excluding hydrogens is 388 g/mol. The number of ether oxygens (including phenoxy) is 2. The average molecular weight is 416 g/mol. The molecule has 0 radical (unpaired) electrons. The lowest BCUT2D eigenvalue weighted by atomic mass is 9.71. The maximum absolute atomic E-state index is 11.8. The third-order valence-corrected chi connectivity index (χ3v) is 6.34. The first kappa shape index (κ1) is 20.5. The highest BCUT2D eigenvalue weighted by Gasteiger charge is 2.48. The zero-order valence-electron chi connectivity index (χ0n) is 17.3. The van der Waals surface area contributed by atoms with E-state index in [9.17, 15) is 9.90 Å². The van der Waals surface area contributed by atoms with E-state index < -0.39 is 11.5 Å². The highest BCUT2D eigenvalue weighted by molar-refractivity contribution is 5.92. The zero-order chi connectivity index (χ0) is 21.2. The lowest BCUT2D eigenvalue weighted by Crippen LogP contribution is -2.58. The zero-order valence-corrected chi connectivity index (χ0v) is 17.3. The lowest BCUT2D eigenvalue weighted by Gasteiger charge is -2.47. The summed E-state index contributed by atoms with van der Waals surface area (Å²) in [5.41, 5.74) is 3.04. The minimum atomic E-state index is -1.02. The van der Waals surface area contributed by atoms with E-state index in [0.717, 1.165) is 38.6 Å². The molecule has 3 aliphatic rings. The summed E-state index contributed by atoms with van der Waals surface area (Å²) in [5.74, 6) is 0.328. The number of rotatable bonds is 6. The van der Waals surface area contributed by atoms with E-state index in [1.165, 1.54) is 18.7 Å². The van der Waals surface area contributed by atoms with Gasteiger partial charge in [0.15, 0.2) is 5.82 Å². The second-order valence-corrected chi connectivity index (χ2v) is 8.04. The fourth-order valence-electron chi connectivity index (χ4n) is 4.62. The number of carbonyl (C=O) groups is 1. The van der Waals surface area contributed by atoms with Crippen LogP contribution >= 0.6 is 0 Å². The van der Waals surface area contributed by atoms with E-state index in [4.69, 9.17) is 9.47 Å². The van der Waals surface area contributed by atoms with Crippen molar-refractivity contribution in [2.75, 3.05) is 27.4 Å². The normalized spacial score (nSPS) is 28.5. The van der Waals surface area contributed by atoms with Crippen molar-refractivity contribution in [3.63, 3.8) is 0 Å². The molecule has 1 saturated heterocycles. The third-order valence-electron chi connectivity index (χ3n) is 6.34. The van der Waals surface area contributed by atoms with Crippen molar-refractivity contribution in [2.45, 2.75) is 49.6 Å². The van der Waals surface area contributed by atoms with Gasteiger partial charge in [0.05, 0.1) is 25.8 Å². The maximum atomic E-state index is 11.8. The van der Waals surface area contributed by atoms with Crippen LogP contribution in [0.2, 0.25) is 0 Å². The topological polar surface area (TPSA) is 121 Å². The number of hydrogen-bond acceptors (Lipinski definition) is 9. The van der Waals surface area contributed by atoms with Crippen molar-refractivity contribution in [1.82, 2.24) is 25.7 Å². The lowest BCUT2D eigenvalue weighted by molar-refractivity contribution is -0.135. The number of hydrazine groups is 1. The van der Waals surface area contributed by atoms with Crippen molar-refractivity contribution in [1.29, 1.82) is 0 Å². The number of methoxy groups -OCH3 is 2. The fraction of sp³-hybridized carbons (Fsp3) is 0.600. The van der Waals surface area contributed by atoms with Crippen LogP contribution in [0.25, 0.3) is 0 Å². The molecule has 3 N–H and O–H groups in total. The molecule has 10 nitrogen and oxygen atoms in total. The molecule has 0 atom stereocenters. The van der Waals surface area contributed by atoms with Crippen LogP contribution in [-0.4, -0.2) is 65.2 Å². The summed E-state index contributed by atoms with van der Waals surface area (Å²) in [7, 11) is 3.10. The number of aromatic nitrogens is 2. The molecule has 4 rings (SSSR count). The number of allylic oxidation sites excluding steroid dienone is 1. The summed E-state index contributed by atoms with van der Waals surface area (Å²) in [6.07, 6.45) is 8.68. The quantitative estimate of drug-likeness (QED) is 0.628. The molecule has 2 fully saturated rings. The SMILES string of the molecule is COc1cc(OC)nc(C2(NN3CN=CC=C3C(=O)O)CCC3(CCCN3)CC2)n1. The largest absolute Gasteiger partial charge is 0.481 e. The Labute approximate surface area is 175 Å². The molecule has 0 unspecified atom stereocenters. The van der Waals surface area contributed by atoms with E-state index in [-0.39, 0.29) is 17.9 Å².